The Hall–Kier alpha value is -3.03. The number of hydrogen-bond donors (Lipinski definition) is 1. The lowest BCUT2D eigenvalue weighted by Crippen LogP contribution is -2.42. The van der Waals surface area contributed by atoms with Crippen molar-refractivity contribution in [2.45, 2.75) is 39.2 Å². The first kappa shape index (κ1) is 18.3. The molecule has 0 aromatic carbocycles. The number of aromatic nitrogens is 5. The molecule has 4 rings (SSSR count). The minimum Gasteiger partial charge on any atom is -0.369 e. The van der Waals surface area contributed by atoms with Gasteiger partial charge in [-0.15, -0.1) is 0 Å². The van der Waals surface area contributed by atoms with Gasteiger partial charge in [-0.25, -0.2) is 15.0 Å². The predicted molar refractivity (Wildman–Crippen MR) is 107 cm³/mol. The number of piperidine rings is 1. The molecule has 0 bridgehead atoms. The Kier molecular flexibility index (Phi) is 4.93. The SMILES string of the molecule is CC(C)n1cnc2cnc(Cc3ccnc(N4CCCC(C(N)=O)C4)n3)cc21. The summed E-state index contributed by atoms with van der Waals surface area (Å²) in [5.41, 5.74) is 9.30. The molecule has 1 atom stereocenters. The minimum atomic E-state index is -0.250. The Morgan fingerprint density at radius 2 is 2.14 bits per heavy atom. The van der Waals surface area contributed by atoms with Gasteiger partial charge in [-0.1, -0.05) is 0 Å². The van der Waals surface area contributed by atoms with Gasteiger partial charge in [0.25, 0.3) is 0 Å². The van der Waals surface area contributed by atoms with E-state index < -0.39 is 0 Å². The van der Waals surface area contributed by atoms with E-state index in [4.69, 9.17) is 10.7 Å². The number of anilines is 1. The lowest BCUT2D eigenvalue weighted by atomic mass is 9.98. The molecule has 0 aliphatic carbocycles. The topological polar surface area (TPSA) is 103 Å². The predicted octanol–water partition coefficient (Wildman–Crippen LogP) is 2.09. The summed E-state index contributed by atoms with van der Waals surface area (Å²) in [6.45, 7) is 5.69. The van der Waals surface area contributed by atoms with Crippen LogP contribution in [0.3, 0.4) is 0 Å². The highest BCUT2D eigenvalue weighted by atomic mass is 16.1. The zero-order valence-corrected chi connectivity index (χ0v) is 16.2. The summed E-state index contributed by atoms with van der Waals surface area (Å²) in [6.07, 6.45) is 7.80. The maximum Gasteiger partial charge on any atom is 0.225 e. The van der Waals surface area contributed by atoms with Crippen molar-refractivity contribution in [3.8, 4) is 0 Å². The third kappa shape index (κ3) is 3.67. The Morgan fingerprint density at radius 1 is 1.29 bits per heavy atom. The van der Waals surface area contributed by atoms with Crippen LogP contribution in [0, 0.1) is 5.92 Å². The molecule has 3 aromatic rings. The summed E-state index contributed by atoms with van der Waals surface area (Å²) in [5.74, 6) is 0.262. The lowest BCUT2D eigenvalue weighted by Gasteiger charge is -2.31. The number of amides is 1. The normalized spacial score (nSPS) is 17.4. The molecule has 1 amide bonds. The van der Waals surface area contributed by atoms with Crippen LogP contribution in [0.4, 0.5) is 5.95 Å². The monoisotopic (exact) mass is 379 g/mol. The van der Waals surface area contributed by atoms with Gasteiger partial charge >= 0.3 is 0 Å². The molecular formula is C20H25N7O. The van der Waals surface area contributed by atoms with Crippen molar-refractivity contribution in [2.75, 3.05) is 18.0 Å². The van der Waals surface area contributed by atoms with Crippen LogP contribution < -0.4 is 10.6 Å². The van der Waals surface area contributed by atoms with E-state index in [1.54, 1.807) is 6.20 Å². The molecule has 3 aromatic heterocycles. The Labute approximate surface area is 163 Å². The number of imidazole rings is 1. The second kappa shape index (κ2) is 7.53. The van der Waals surface area contributed by atoms with Gasteiger partial charge in [-0.2, -0.15) is 0 Å². The van der Waals surface area contributed by atoms with Crippen molar-refractivity contribution in [2.24, 2.45) is 11.7 Å². The number of rotatable bonds is 5. The van der Waals surface area contributed by atoms with Gasteiger partial charge in [-0.3, -0.25) is 9.78 Å². The van der Waals surface area contributed by atoms with Crippen molar-refractivity contribution in [3.05, 3.63) is 42.2 Å². The van der Waals surface area contributed by atoms with E-state index in [0.29, 0.717) is 25.0 Å². The van der Waals surface area contributed by atoms with E-state index >= 15 is 0 Å². The van der Waals surface area contributed by atoms with E-state index in [0.717, 1.165) is 41.8 Å². The van der Waals surface area contributed by atoms with Crippen LogP contribution in [-0.2, 0) is 11.2 Å². The maximum absolute atomic E-state index is 11.5. The van der Waals surface area contributed by atoms with E-state index in [9.17, 15) is 4.79 Å². The van der Waals surface area contributed by atoms with Crippen molar-refractivity contribution in [1.29, 1.82) is 0 Å². The number of primary amides is 1. The van der Waals surface area contributed by atoms with Gasteiger partial charge in [-0.05, 0) is 38.8 Å². The highest BCUT2D eigenvalue weighted by Crippen LogP contribution is 2.22. The van der Waals surface area contributed by atoms with Crippen molar-refractivity contribution >= 4 is 22.9 Å². The lowest BCUT2D eigenvalue weighted by molar-refractivity contribution is -0.122. The molecule has 8 heteroatoms. The van der Waals surface area contributed by atoms with Crippen LogP contribution >= 0.6 is 0 Å². The van der Waals surface area contributed by atoms with E-state index in [1.165, 1.54) is 0 Å². The molecule has 146 valence electrons. The Morgan fingerprint density at radius 3 is 2.93 bits per heavy atom. The van der Waals surface area contributed by atoms with Gasteiger partial charge in [0.2, 0.25) is 11.9 Å². The van der Waals surface area contributed by atoms with Crippen LogP contribution in [0.25, 0.3) is 11.0 Å². The van der Waals surface area contributed by atoms with Gasteiger partial charge in [0.1, 0.15) is 5.52 Å². The fourth-order valence-electron chi connectivity index (χ4n) is 3.69. The van der Waals surface area contributed by atoms with Crippen molar-refractivity contribution in [1.82, 2.24) is 24.5 Å². The van der Waals surface area contributed by atoms with Crippen LogP contribution in [0.15, 0.2) is 30.9 Å². The van der Waals surface area contributed by atoms with Crippen molar-refractivity contribution in [3.63, 3.8) is 0 Å². The number of hydrogen-bond acceptors (Lipinski definition) is 6. The molecule has 8 nitrogen and oxygen atoms in total. The Balaban J connectivity index is 1.56. The summed E-state index contributed by atoms with van der Waals surface area (Å²) >= 11 is 0. The third-order valence-electron chi connectivity index (χ3n) is 5.24. The summed E-state index contributed by atoms with van der Waals surface area (Å²) in [4.78, 5) is 31.7. The molecule has 1 fully saturated rings. The molecule has 0 saturated carbocycles. The quantitative estimate of drug-likeness (QED) is 0.728. The molecule has 1 unspecified atom stereocenters. The first-order valence-electron chi connectivity index (χ1n) is 9.69. The number of nitrogens with two attached hydrogens (primary N) is 1. The van der Waals surface area contributed by atoms with Crippen LogP contribution in [0.5, 0.6) is 0 Å². The molecule has 28 heavy (non-hydrogen) atoms. The molecule has 4 heterocycles. The average Bonchev–Trinajstić information content (AvgIpc) is 3.12. The fraction of sp³-hybridized carbons (Fsp3) is 0.450. The first-order valence-corrected chi connectivity index (χ1v) is 9.69. The highest BCUT2D eigenvalue weighted by molar-refractivity contribution is 5.77. The standard InChI is InChI=1S/C20H25N7O/c1-13(2)27-12-24-17-10-23-16(9-18(17)27)8-15-5-6-22-20(25-15)26-7-3-4-14(11-26)19(21)28/h5-6,9-10,12-14H,3-4,7-8,11H2,1-2H3,(H2,21,28). The summed E-state index contributed by atoms with van der Waals surface area (Å²) in [5, 5.41) is 0. The largest absolute Gasteiger partial charge is 0.369 e. The number of fused-ring (bicyclic) bond motifs is 1. The van der Waals surface area contributed by atoms with Crippen molar-refractivity contribution < 1.29 is 4.79 Å². The molecule has 0 radical (unpaired) electrons. The molecule has 1 aliphatic rings. The molecule has 1 saturated heterocycles. The smallest absolute Gasteiger partial charge is 0.225 e. The summed E-state index contributed by atoms with van der Waals surface area (Å²) < 4.78 is 2.14. The van der Waals surface area contributed by atoms with Gasteiger partial charge in [0.05, 0.1) is 29.7 Å². The minimum absolute atomic E-state index is 0.138. The van der Waals surface area contributed by atoms with Crippen LogP contribution in [0.1, 0.15) is 44.1 Å². The van der Waals surface area contributed by atoms with Crippen LogP contribution in [0.2, 0.25) is 0 Å². The zero-order valence-electron chi connectivity index (χ0n) is 16.2. The second-order valence-corrected chi connectivity index (χ2v) is 7.62. The number of nitrogens with zero attached hydrogens (tertiary/aromatic N) is 6. The summed E-state index contributed by atoms with van der Waals surface area (Å²) in [6, 6.07) is 4.32. The van der Waals surface area contributed by atoms with E-state index in [2.05, 4.69) is 39.4 Å². The molecule has 2 N–H and O–H groups in total. The third-order valence-corrected chi connectivity index (χ3v) is 5.24. The fourth-order valence-corrected chi connectivity index (χ4v) is 3.69. The van der Waals surface area contributed by atoms with E-state index in [-0.39, 0.29) is 11.8 Å². The first-order chi connectivity index (χ1) is 13.5. The van der Waals surface area contributed by atoms with Gasteiger partial charge in [0, 0.05) is 37.4 Å². The van der Waals surface area contributed by atoms with Gasteiger partial charge < -0.3 is 15.2 Å². The molecule has 1 aliphatic heterocycles. The summed E-state index contributed by atoms with van der Waals surface area (Å²) in [7, 11) is 0. The van der Waals surface area contributed by atoms with Crippen LogP contribution in [-0.4, -0.2) is 43.5 Å². The molecule has 0 spiro atoms. The Bertz CT molecular complexity index is 997. The maximum atomic E-state index is 11.5. The number of carbonyl (C=O) groups is 1. The van der Waals surface area contributed by atoms with E-state index in [1.807, 2.05) is 23.5 Å². The zero-order chi connectivity index (χ0) is 19.7. The number of pyridine rings is 1. The second-order valence-electron chi connectivity index (χ2n) is 7.62. The molecular weight excluding hydrogens is 354 g/mol. The highest BCUT2D eigenvalue weighted by Gasteiger charge is 2.25. The average molecular weight is 379 g/mol. The number of carbonyl (C=O) groups excluding carboxylic acids is 1. The van der Waals surface area contributed by atoms with Gasteiger partial charge in [0.15, 0.2) is 0 Å².